The van der Waals surface area contributed by atoms with E-state index >= 15 is 0 Å². The summed E-state index contributed by atoms with van der Waals surface area (Å²) in [5.41, 5.74) is -0.258. The standard InChI is InChI=1S/C21H31NO5/c1-20(2,3)22-17(23)12-16(13-18(24)27-21(4,5)6)19(25)26-14-15-10-8-7-9-11-15/h7-11,16H,12-14H2,1-6H3,(H,22,23)/t16-/m1/s1. The van der Waals surface area contributed by atoms with Crippen molar-refractivity contribution in [3.05, 3.63) is 35.9 Å². The summed E-state index contributed by atoms with van der Waals surface area (Å²) < 4.78 is 10.6. The van der Waals surface area contributed by atoms with Gasteiger partial charge in [0.1, 0.15) is 12.2 Å². The van der Waals surface area contributed by atoms with Crippen LogP contribution in [-0.2, 0) is 30.5 Å². The van der Waals surface area contributed by atoms with E-state index in [-0.39, 0.29) is 25.4 Å². The lowest BCUT2D eigenvalue weighted by Gasteiger charge is -2.24. The summed E-state index contributed by atoms with van der Waals surface area (Å²) in [6, 6.07) is 9.23. The SMILES string of the molecule is CC(C)(C)NC(=O)C[C@H](CC(=O)OC(C)(C)C)C(=O)OCc1ccccc1. The largest absolute Gasteiger partial charge is 0.461 e. The first kappa shape index (κ1) is 22.7. The predicted octanol–water partition coefficient (Wildman–Crippen LogP) is 3.38. The molecule has 0 fully saturated rings. The Morgan fingerprint density at radius 3 is 2.07 bits per heavy atom. The lowest BCUT2D eigenvalue weighted by molar-refractivity contribution is -0.162. The molecule has 0 aliphatic carbocycles. The van der Waals surface area contributed by atoms with Crippen LogP contribution >= 0.6 is 0 Å². The molecule has 1 amide bonds. The number of hydrogen-bond donors (Lipinski definition) is 1. The molecule has 1 aromatic rings. The summed E-state index contributed by atoms with van der Waals surface area (Å²) in [6.45, 7) is 10.9. The Kier molecular flexibility index (Phi) is 8.00. The molecule has 0 spiro atoms. The summed E-state index contributed by atoms with van der Waals surface area (Å²) in [6.07, 6.45) is -0.341. The zero-order chi connectivity index (χ0) is 20.7. The fraction of sp³-hybridized carbons (Fsp3) is 0.571. The monoisotopic (exact) mass is 377 g/mol. The average molecular weight is 377 g/mol. The molecule has 150 valence electrons. The van der Waals surface area contributed by atoms with E-state index in [4.69, 9.17) is 9.47 Å². The number of amides is 1. The van der Waals surface area contributed by atoms with Crippen LogP contribution in [0.2, 0.25) is 0 Å². The molecule has 1 aromatic carbocycles. The molecule has 1 N–H and O–H groups in total. The molecule has 6 heteroatoms. The molecular formula is C21H31NO5. The summed E-state index contributed by atoms with van der Waals surface area (Å²) in [7, 11) is 0. The summed E-state index contributed by atoms with van der Waals surface area (Å²) >= 11 is 0. The molecule has 0 saturated carbocycles. The van der Waals surface area contributed by atoms with E-state index in [1.54, 1.807) is 20.8 Å². The number of hydrogen-bond acceptors (Lipinski definition) is 5. The van der Waals surface area contributed by atoms with E-state index in [9.17, 15) is 14.4 Å². The first-order valence-corrected chi connectivity index (χ1v) is 9.09. The van der Waals surface area contributed by atoms with Crippen molar-refractivity contribution in [1.82, 2.24) is 5.32 Å². The van der Waals surface area contributed by atoms with Crippen molar-refractivity contribution in [2.24, 2.45) is 5.92 Å². The second kappa shape index (κ2) is 9.53. The molecule has 27 heavy (non-hydrogen) atoms. The van der Waals surface area contributed by atoms with Gasteiger partial charge in [-0.15, -0.1) is 0 Å². The Morgan fingerprint density at radius 1 is 0.963 bits per heavy atom. The van der Waals surface area contributed by atoms with Gasteiger partial charge in [0.05, 0.1) is 12.3 Å². The maximum Gasteiger partial charge on any atom is 0.310 e. The minimum Gasteiger partial charge on any atom is -0.461 e. The molecule has 0 aromatic heterocycles. The maximum absolute atomic E-state index is 12.5. The Hall–Kier alpha value is -2.37. The highest BCUT2D eigenvalue weighted by molar-refractivity contribution is 5.86. The molecule has 0 heterocycles. The van der Waals surface area contributed by atoms with Crippen LogP contribution in [0.4, 0.5) is 0 Å². The third-order valence-corrected chi connectivity index (χ3v) is 3.34. The van der Waals surface area contributed by atoms with E-state index < -0.39 is 29.0 Å². The van der Waals surface area contributed by atoms with Crippen LogP contribution in [0, 0.1) is 5.92 Å². The van der Waals surface area contributed by atoms with Crippen LogP contribution in [0.25, 0.3) is 0 Å². The minimum absolute atomic E-state index is 0.0887. The van der Waals surface area contributed by atoms with Gasteiger partial charge >= 0.3 is 11.9 Å². The summed E-state index contributed by atoms with van der Waals surface area (Å²) in [5.74, 6) is -2.33. The van der Waals surface area contributed by atoms with Crippen molar-refractivity contribution in [3.8, 4) is 0 Å². The number of carbonyl (C=O) groups is 3. The van der Waals surface area contributed by atoms with E-state index in [2.05, 4.69) is 5.32 Å². The van der Waals surface area contributed by atoms with E-state index in [1.807, 2.05) is 51.1 Å². The first-order valence-electron chi connectivity index (χ1n) is 9.09. The highest BCUT2D eigenvalue weighted by Crippen LogP contribution is 2.18. The number of esters is 2. The third kappa shape index (κ3) is 10.4. The number of benzene rings is 1. The van der Waals surface area contributed by atoms with Gasteiger partial charge in [0.25, 0.3) is 0 Å². The van der Waals surface area contributed by atoms with Crippen LogP contribution in [0.15, 0.2) is 30.3 Å². The Morgan fingerprint density at radius 2 is 1.56 bits per heavy atom. The molecule has 0 aliphatic heterocycles. The molecule has 1 rings (SSSR count). The summed E-state index contributed by atoms with van der Waals surface area (Å²) in [5, 5.41) is 2.80. The first-order chi connectivity index (χ1) is 12.4. The molecular weight excluding hydrogens is 346 g/mol. The lowest BCUT2D eigenvalue weighted by atomic mass is 9.99. The zero-order valence-corrected chi connectivity index (χ0v) is 17.1. The normalized spacial score (nSPS) is 12.8. The van der Waals surface area contributed by atoms with Gasteiger partial charge in [-0.3, -0.25) is 14.4 Å². The Bertz CT molecular complexity index is 611. The van der Waals surface area contributed by atoms with Gasteiger partial charge < -0.3 is 14.8 Å². The van der Waals surface area contributed by atoms with Gasteiger partial charge in [0, 0.05) is 12.0 Å². The van der Waals surface area contributed by atoms with Crippen molar-refractivity contribution in [2.75, 3.05) is 0 Å². The third-order valence-electron chi connectivity index (χ3n) is 3.34. The molecule has 6 nitrogen and oxygen atoms in total. The number of carbonyl (C=O) groups excluding carboxylic acids is 3. The molecule has 0 saturated heterocycles. The van der Waals surface area contributed by atoms with Crippen molar-refractivity contribution in [1.29, 1.82) is 0 Å². The fourth-order valence-corrected chi connectivity index (χ4v) is 2.36. The van der Waals surface area contributed by atoms with Gasteiger partial charge in [0.2, 0.25) is 5.91 Å². The van der Waals surface area contributed by atoms with E-state index in [0.717, 1.165) is 5.56 Å². The van der Waals surface area contributed by atoms with Gasteiger partial charge in [-0.05, 0) is 47.1 Å². The van der Waals surface area contributed by atoms with E-state index in [0.29, 0.717) is 0 Å². The molecule has 0 aliphatic rings. The molecule has 0 radical (unpaired) electrons. The second-order valence-electron chi connectivity index (χ2n) is 8.58. The number of nitrogens with one attached hydrogen (secondary N) is 1. The Labute approximate surface area is 161 Å². The number of ether oxygens (including phenoxy) is 2. The molecule has 0 unspecified atom stereocenters. The van der Waals surface area contributed by atoms with Gasteiger partial charge in [-0.2, -0.15) is 0 Å². The Balaban J connectivity index is 2.77. The van der Waals surface area contributed by atoms with Crippen LogP contribution in [0.5, 0.6) is 0 Å². The molecule has 1 atom stereocenters. The van der Waals surface area contributed by atoms with Gasteiger partial charge in [0.15, 0.2) is 0 Å². The van der Waals surface area contributed by atoms with E-state index in [1.165, 1.54) is 0 Å². The average Bonchev–Trinajstić information content (AvgIpc) is 2.49. The van der Waals surface area contributed by atoms with Crippen LogP contribution in [-0.4, -0.2) is 29.0 Å². The second-order valence-corrected chi connectivity index (χ2v) is 8.58. The van der Waals surface area contributed by atoms with Crippen molar-refractivity contribution < 1.29 is 23.9 Å². The van der Waals surface area contributed by atoms with Gasteiger partial charge in [-0.1, -0.05) is 30.3 Å². The van der Waals surface area contributed by atoms with Crippen molar-refractivity contribution in [3.63, 3.8) is 0 Å². The van der Waals surface area contributed by atoms with Crippen LogP contribution in [0.1, 0.15) is 59.9 Å². The van der Waals surface area contributed by atoms with Crippen LogP contribution < -0.4 is 5.32 Å². The molecule has 0 bridgehead atoms. The number of rotatable bonds is 7. The minimum atomic E-state index is -0.897. The maximum atomic E-state index is 12.5. The highest BCUT2D eigenvalue weighted by Gasteiger charge is 2.30. The predicted molar refractivity (Wildman–Crippen MR) is 103 cm³/mol. The van der Waals surface area contributed by atoms with Crippen molar-refractivity contribution >= 4 is 17.8 Å². The smallest absolute Gasteiger partial charge is 0.310 e. The highest BCUT2D eigenvalue weighted by atomic mass is 16.6. The van der Waals surface area contributed by atoms with Crippen molar-refractivity contribution in [2.45, 2.75) is 72.1 Å². The summed E-state index contributed by atoms with van der Waals surface area (Å²) in [4.78, 5) is 36.9. The fourth-order valence-electron chi connectivity index (χ4n) is 2.36. The lowest BCUT2D eigenvalue weighted by Crippen LogP contribution is -2.42. The zero-order valence-electron chi connectivity index (χ0n) is 17.1. The van der Waals surface area contributed by atoms with Crippen LogP contribution in [0.3, 0.4) is 0 Å². The topological polar surface area (TPSA) is 81.7 Å². The van der Waals surface area contributed by atoms with Gasteiger partial charge in [-0.25, -0.2) is 0 Å². The quantitative estimate of drug-likeness (QED) is 0.737.